The second kappa shape index (κ2) is 8.93. The fourth-order valence-corrected chi connectivity index (χ4v) is 2.27. The molecule has 0 atom stereocenters. The number of rotatable bonds is 5. The number of ether oxygens (including phenoxy) is 1. The maximum atomic E-state index is 12.0. The Morgan fingerprint density at radius 1 is 1.05 bits per heavy atom. The third kappa shape index (κ3) is 5.44. The van der Waals surface area contributed by atoms with Gasteiger partial charge in [0, 0.05) is 11.0 Å². The number of benzene rings is 2. The summed E-state index contributed by atoms with van der Waals surface area (Å²) < 4.78 is 6.34. The minimum Gasteiger partial charge on any atom is -0.457 e. The molecule has 0 aromatic heterocycles. The van der Waals surface area contributed by atoms with Gasteiger partial charge >= 0.3 is 5.97 Å². The van der Waals surface area contributed by atoms with Gasteiger partial charge in [-0.05, 0) is 49.5 Å². The summed E-state index contributed by atoms with van der Waals surface area (Å²) in [5.74, 6) is -0.304. The Morgan fingerprint density at radius 2 is 1.64 bits per heavy atom. The molecule has 2 aromatic carbocycles. The van der Waals surface area contributed by atoms with Crippen molar-refractivity contribution in [2.45, 2.75) is 13.2 Å². The van der Waals surface area contributed by atoms with Crippen LogP contribution in [0.2, 0.25) is 0 Å². The number of hydrogen-bond donors (Lipinski definition) is 0. The fourth-order valence-electron chi connectivity index (χ4n) is 2.01. The van der Waals surface area contributed by atoms with Crippen LogP contribution in [0.25, 0.3) is 0 Å². The van der Waals surface area contributed by atoms with E-state index in [4.69, 9.17) is 4.74 Å². The predicted molar refractivity (Wildman–Crippen MR) is 94.3 cm³/mol. The molecule has 0 aliphatic rings. The first kappa shape index (κ1) is 18.7. The number of carbonyl (C=O) groups is 1. The maximum Gasteiger partial charge on any atom is 0.338 e. The van der Waals surface area contributed by atoms with Crippen LogP contribution in [-0.4, -0.2) is 25.0 Å². The third-order valence-electron chi connectivity index (χ3n) is 3.04. The van der Waals surface area contributed by atoms with Gasteiger partial charge in [-0.3, -0.25) is 0 Å². The molecular formula is C17H19BrClNO2. The summed E-state index contributed by atoms with van der Waals surface area (Å²) in [5.41, 5.74) is 2.77. The summed E-state index contributed by atoms with van der Waals surface area (Å²) in [6.07, 6.45) is 0. The smallest absolute Gasteiger partial charge is 0.338 e. The maximum absolute atomic E-state index is 12.0. The van der Waals surface area contributed by atoms with Gasteiger partial charge in [-0.2, -0.15) is 0 Å². The van der Waals surface area contributed by atoms with Gasteiger partial charge in [0.2, 0.25) is 0 Å². The highest BCUT2D eigenvalue weighted by Gasteiger charge is 2.09. The van der Waals surface area contributed by atoms with Crippen LogP contribution >= 0.6 is 28.3 Å². The molecule has 0 aliphatic heterocycles. The monoisotopic (exact) mass is 383 g/mol. The first-order valence-corrected chi connectivity index (χ1v) is 7.50. The van der Waals surface area contributed by atoms with Gasteiger partial charge in [0.15, 0.2) is 0 Å². The van der Waals surface area contributed by atoms with Crippen molar-refractivity contribution >= 4 is 34.3 Å². The minimum atomic E-state index is -0.304. The topological polar surface area (TPSA) is 29.5 Å². The summed E-state index contributed by atoms with van der Waals surface area (Å²) in [7, 11) is 4.04. The highest BCUT2D eigenvalue weighted by Crippen LogP contribution is 2.15. The van der Waals surface area contributed by atoms with Crippen LogP contribution < -0.4 is 0 Å². The molecule has 5 heteroatoms. The Balaban J connectivity index is 0.00000242. The summed E-state index contributed by atoms with van der Waals surface area (Å²) in [5, 5.41) is 0. The van der Waals surface area contributed by atoms with Crippen molar-refractivity contribution in [3.8, 4) is 0 Å². The third-order valence-corrected chi connectivity index (χ3v) is 3.57. The number of hydrogen-bond acceptors (Lipinski definition) is 3. The molecule has 0 radical (unpaired) electrons. The Kier molecular flexibility index (Phi) is 7.59. The van der Waals surface area contributed by atoms with Gasteiger partial charge in [0.1, 0.15) is 6.61 Å². The quantitative estimate of drug-likeness (QED) is 0.720. The van der Waals surface area contributed by atoms with Crippen LogP contribution in [0.3, 0.4) is 0 Å². The summed E-state index contributed by atoms with van der Waals surface area (Å²) in [4.78, 5) is 14.1. The Morgan fingerprint density at radius 3 is 2.23 bits per heavy atom. The first-order valence-electron chi connectivity index (χ1n) is 6.70. The lowest BCUT2D eigenvalue weighted by Crippen LogP contribution is -2.13. The number of carbonyl (C=O) groups excluding carboxylic acids is 1. The summed E-state index contributed by atoms with van der Waals surface area (Å²) in [6, 6.07) is 15.2. The highest BCUT2D eigenvalue weighted by molar-refractivity contribution is 9.10. The second-order valence-corrected chi connectivity index (χ2v) is 6.01. The van der Waals surface area contributed by atoms with Crippen molar-refractivity contribution < 1.29 is 9.53 Å². The van der Waals surface area contributed by atoms with Crippen LogP contribution in [0.4, 0.5) is 0 Å². The standard InChI is InChI=1S/C17H18BrNO2.ClH/c1-19(2)11-14-5-3-4-6-15(14)12-21-17(20)13-7-9-16(18)10-8-13;/h3-10H,11-12H2,1-2H3;1H. The van der Waals surface area contributed by atoms with Gasteiger partial charge < -0.3 is 9.64 Å². The Bertz CT molecular complexity index is 614. The van der Waals surface area contributed by atoms with Gasteiger partial charge in [-0.25, -0.2) is 4.79 Å². The van der Waals surface area contributed by atoms with E-state index in [9.17, 15) is 4.79 Å². The lowest BCUT2D eigenvalue weighted by molar-refractivity contribution is 0.0471. The lowest BCUT2D eigenvalue weighted by Gasteiger charge is -2.14. The van der Waals surface area contributed by atoms with Crippen LogP contribution in [0, 0.1) is 0 Å². The molecule has 0 unspecified atom stereocenters. The second-order valence-electron chi connectivity index (χ2n) is 5.09. The summed E-state index contributed by atoms with van der Waals surface area (Å²) >= 11 is 3.35. The van der Waals surface area contributed by atoms with Crippen molar-refractivity contribution in [1.29, 1.82) is 0 Å². The van der Waals surface area contributed by atoms with E-state index in [2.05, 4.69) is 26.9 Å². The average Bonchev–Trinajstić information content (AvgIpc) is 2.46. The molecule has 0 spiro atoms. The molecule has 0 fully saturated rings. The van der Waals surface area contributed by atoms with E-state index < -0.39 is 0 Å². The SMILES string of the molecule is CN(C)Cc1ccccc1COC(=O)c1ccc(Br)cc1.Cl. The zero-order valence-electron chi connectivity index (χ0n) is 12.6. The van der Waals surface area contributed by atoms with Crippen molar-refractivity contribution in [1.82, 2.24) is 4.90 Å². The molecule has 118 valence electrons. The first-order chi connectivity index (χ1) is 10.1. The molecular weight excluding hydrogens is 366 g/mol. The van der Waals surface area contributed by atoms with Crippen LogP contribution in [0.15, 0.2) is 53.0 Å². The zero-order valence-corrected chi connectivity index (χ0v) is 15.0. The van der Waals surface area contributed by atoms with E-state index in [1.807, 2.05) is 44.4 Å². The van der Waals surface area contributed by atoms with E-state index in [0.717, 1.165) is 16.6 Å². The average molecular weight is 385 g/mol. The molecule has 0 amide bonds. The van der Waals surface area contributed by atoms with Crippen molar-refractivity contribution in [3.05, 3.63) is 69.7 Å². The molecule has 0 saturated carbocycles. The molecule has 0 saturated heterocycles. The van der Waals surface area contributed by atoms with E-state index in [-0.39, 0.29) is 18.4 Å². The van der Waals surface area contributed by atoms with E-state index in [1.54, 1.807) is 12.1 Å². The van der Waals surface area contributed by atoms with Crippen LogP contribution in [0.5, 0.6) is 0 Å². The van der Waals surface area contributed by atoms with Gasteiger partial charge in [-0.15, -0.1) is 12.4 Å². The molecule has 22 heavy (non-hydrogen) atoms. The van der Waals surface area contributed by atoms with E-state index in [1.165, 1.54) is 5.56 Å². The minimum absolute atomic E-state index is 0. The highest BCUT2D eigenvalue weighted by atomic mass is 79.9. The zero-order chi connectivity index (χ0) is 15.2. The van der Waals surface area contributed by atoms with Crippen molar-refractivity contribution in [2.24, 2.45) is 0 Å². The largest absolute Gasteiger partial charge is 0.457 e. The molecule has 2 rings (SSSR count). The number of halogens is 2. The number of nitrogens with zero attached hydrogens (tertiary/aromatic N) is 1. The van der Waals surface area contributed by atoms with Crippen LogP contribution in [0.1, 0.15) is 21.5 Å². The molecule has 2 aromatic rings. The van der Waals surface area contributed by atoms with Gasteiger partial charge in [-0.1, -0.05) is 40.2 Å². The lowest BCUT2D eigenvalue weighted by atomic mass is 10.1. The van der Waals surface area contributed by atoms with Gasteiger partial charge in [0.25, 0.3) is 0 Å². The van der Waals surface area contributed by atoms with Crippen LogP contribution in [-0.2, 0) is 17.9 Å². The molecule has 0 aliphatic carbocycles. The van der Waals surface area contributed by atoms with Crippen molar-refractivity contribution in [2.75, 3.05) is 14.1 Å². The van der Waals surface area contributed by atoms with E-state index in [0.29, 0.717) is 12.2 Å². The molecule has 3 nitrogen and oxygen atoms in total. The molecule has 0 bridgehead atoms. The predicted octanol–water partition coefficient (Wildman–Crippen LogP) is 4.29. The summed E-state index contributed by atoms with van der Waals surface area (Å²) in [6.45, 7) is 1.12. The van der Waals surface area contributed by atoms with E-state index >= 15 is 0 Å². The fraction of sp³-hybridized carbons (Fsp3) is 0.235. The van der Waals surface area contributed by atoms with Crippen molar-refractivity contribution in [3.63, 3.8) is 0 Å². The number of esters is 1. The van der Waals surface area contributed by atoms with Gasteiger partial charge in [0.05, 0.1) is 5.56 Å². The Hall–Kier alpha value is -1.36. The normalized spacial score (nSPS) is 10.2. The molecule has 0 N–H and O–H groups in total. The molecule has 0 heterocycles. The Labute approximate surface area is 145 Å².